The van der Waals surface area contributed by atoms with Gasteiger partial charge in [-0.2, -0.15) is 0 Å². The van der Waals surface area contributed by atoms with Crippen molar-refractivity contribution in [1.29, 1.82) is 0 Å². The average molecular weight is 396 g/mol. The lowest BCUT2D eigenvalue weighted by atomic mass is 10.1. The summed E-state index contributed by atoms with van der Waals surface area (Å²) in [5.74, 6) is -0.227. The highest BCUT2D eigenvalue weighted by Crippen LogP contribution is 2.38. The van der Waals surface area contributed by atoms with Gasteiger partial charge in [0.05, 0.1) is 16.7 Å². The van der Waals surface area contributed by atoms with E-state index in [4.69, 9.17) is 44.3 Å². The molecular weight excluding hydrogens is 375 g/mol. The zero-order valence-corrected chi connectivity index (χ0v) is 16.0. The number of hydrogen-bond acceptors (Lipinski definition) is 4. The first-order valence-corrected chi connectivity index (χ1v) is 8.94. The van der Waals surface area contributed by atoms with Crippen molar-refractivity contribution in [2.45, 2.75) is 46.0 Å². The van der Waals surface area contributed by atoms with E-state index in [1.54, 1.807) is 0 Å². The van der Waals surface area contributed by atoms with E-state index in [1.165, 1.54) is 12.1 Å². The second-order valence-corrected chi connectivity index (χ2v) is 6.95. The molecule has 1 aromatic rings. The third-order valence-corrected chi connectivity index (χ3v) is 4.25. The molecule has 134 valence electrons. The molecule has 4 nitrogen and oxygen atoms in total. The highest BCUT2D eigenvalue weighted by Gasteiger charge is 2.15. The van der Waals surface area contributed by atoms with Crippen LogP contribution in [0.5, 0.6) is 5.75 Å². The molecule has 0 unspecified atom stereocenters. The summed E-state index contributed by atoms with van der Waals surface area (Å²) in [5, 5.41) is 0.526. The van der Waals surface area contributed by atoms with Crippen LogP contribution in [-0.2, 0) is 14.3 Å². The molecule has 0 aliphatic carbocycles. The fourth-order valence-corrected chi connectivity index (χ4v) is 2.49. The normalized spacial score (nSPS) is 10.8. The molecule has 0 aliphatic heterocycles. The van der Waals surface area contributed by atoms with Crippen molar-refractivity contribution in [2.75, 3.05) is 6.61 Å². The molecule has 0 spiro atoms. The first kappa shape index (κ1) is 21.1. The van der Waals surface area contributed by atoms with Crippen molar-refractivity contribution < 1.29 is 19.1 Å². The van der Waals surface area contributed by atoms with E-state index in [-0.39, 0.29) is 39.6 Å². The minimum Gasteiger partial charge on any atom is -0.466 e. The van der Waals surface area contributed by atoms with Crippen LogP contribution in [0, 0.1) is 5.92 Å². The zero-order valence-electron chi connectivity index (χ0n) is 13.7. The van der Waals surface area contributed by atoms with E-state index in [0.29, 0.717) is 18.9 Å². The minimum absolute atomic E-state index is 0.0343. The Kier molecular flexibility index (Phi) is 9.49. The summed E-state index contributed by atoms with van der Waals surface area (Å²) in [6.07, 6.45) is 2.41. The predicted molar refractivity (Wildman–Crippen MR) is 96.0 cm³/mol. The second-order valence-electron chi connectivity index (χ2n) is 5.76. The van der Waals surface area contributed by atoms with Crippen LogP contribution < -0.4 is 4.74 Å². The van der Waals surface area contributed by atoms with Crippen molar-refractivity contribution >= 4 is 46.7 Å². The Balaban J connectivity index is 2.30. The van der Waals surface area contributed by atoms with Gasteiger partial charge in [-0.05, 0) is 37.3 Å². The summed E-state index contributed by atoms with van der Waals surface area (Å²) >= 11 is 17.7. The Morgan fingerprint density at radius 3 is 2.29 bits per heavy atom. The molecule has 0 bridgehead atoms. The Morgan fingerprint density at radius 1 is 1.00 bits per heavy atom. The van der Waals surface area contributed by atoms with Gasteiger partial charge in [-0.1, -0.05) is 48.7 Å². The van der Waals surface area contributed by atoms with Crippen molar-refractivity contribution in [3.8, 4) is 5.75 Å². The third kappa shape index (κ3) is 7.73. The number of benzene rings is 1. The summed E-state index contributed by atoms with van der Waals surface area (Å²) in [7, 11) is 0. The van der Waals surface area contributed by atoms with Gasteiger partial charge in [0, 0.05) is 12.8 Å². The van der Waals surface area contributed by atoms with Gasteiger partial charge in [-0.15, -0.1) is 0 Å². The predicted octanol–water partition coefficient (Wildman–Crippen LogP) is 5.70. The summed E-state index contributed by atoms with van der Waals surface area (Å²) in [6.45, 7) is 4.65. The van der Waals surface area contributed by atoms with Crippen LogP contribution in [-0.4, -0.2) is 18.5 Å². The molecule has 7 heteroatoms. The fraction of sp³-hybridized carbons (Fsp3) is 0.529. The molecule has 0 radical (unpaired) electrons. The molecule has 0 saturated carbocycles. The van der Waals surface area contributed by atoms with Crippen molar-refractivity contribution in [3.05, 3.63) is 27.2 Å². The first-order valence-electron chi connectivity index (χ1n) is 7.81. The van der Waals surface area contributed by atoms with E-state index in [2.05, 4.69) is 13.8 Å². The largest absolute Gasteiger partial charge is 0.466 e. The van der Waals surface area contributed by atoms with Crippen LogP contribution in [0.4, 0.5) is 0 Å². The Bertz CT molecular complexity index is 573. The molecule has 0 atom stereocenters. The maximum atomic E-state index is 11.8. The van der Waals surface area contributed by atoms with Gasteiger partial charge in [0.2, 0.25) is 0 Å². The SMILES string of the molecule is CC(C)CCCOC(=O)CCCC(=O)Oc1c(Cl)ccc(Cl)c1Cl. The van der Waals surface area contributed by atoms with E-state index in [1.807, 2.05) is 0 Å². The van der Waals surface area contributed by atoms with Gasteiger partial charge in [-0.3, -0.25) is 9.59 Å². The number of carbonyl (C=O) groups excluding carboxylic acids is 2. The Hall–Kier alpha value is -0.970. The van der Waals surface area contributed by atoms with Crippen molar-refractivity contribution in [2.24, 2.45) is 5.92 Å². The zero-order chi connectivity index (χ0) is 18.1. The van der Waals surface area contributed by atoms with E-state index < -0.39 is 5.97 Å². The quantitative estimate of drug-likeness (QED) is 0.233. The molecule has 1 rings (SSSR count). The summed E-state index contributed by atoms with van der Waals surface area (Å²) in [4.78, 5) is 23.4. The molecule has 0 N–H and O–H groups in total. The van der Waals surface area contributed by atoms with Gasteiger partial charge >= 0.3 is 11.9 Å². The molecular formula is C17H21Cl3O4. The lowest BCUT2D eigenvalue weighted by Crippen LogP contribution is -2.11. The monoisotopic (exact) mass is 394 g/mol. The standard InChI is InChI=1S/C17H21Cl3O4/c1-11(2)5-4-10-23-14(21)6-3-7-15(22)24-17-13(19)9-8-12(18)16(17)20/h8-9,11H,3-7,10H2,1-2H3. The number of hydrogen-bond donors (Lipinski definition) is 0. The highest BCUT2D eigenvalue weighted by molar-refractivity contribution is 6.44. The minimum atomic E-state index is -0.534. The van der Waals surface area contributed by atoms with E-state index >= 15 is 0 Å². The molecule has 1 aromatic carbocycles. The Morgan fingerprint density at radius 2 is 1.62 bits per heavy atom. The third-order valence-electron chi connectivity index (χ3n) is 3.17. The maximum Gasteiger partial charge on any atom is 0.311 e. The van der Waals surface area contributed by atoms with Crippen LogP contribution in [0.25, 0.3) is 0 Å². The van der Waals surface area contributed by atoms with Crippen molar-refractivity contribution in [1.82, 2.24) is 0 Å². The van der Waals surface area contributed by atoms with Crippen LogP contribution in [0.3, 0.4) is 0 Å². The van der Waals surface area contributed by atoms with Gasteiger partial charge in [-0.25, -0.2) is 0 Å². The number of halogens is 3. The molecule has 0 saturated heterocycles. The number of carbonyl (C=O) groups is 2. The number of ether oxygens (including phenoxy) is 2. The van der Waals surface area contributed by atoms with Gasteiger partial charge in [0.15, 0.2) is 5.75 Å². The van der Waals surface area contributed by atoms with E-state index in [9.17, 15) is 9.59 Å². The molecule has 0 heterocycles. The van der Waals surface area contributed by atoms with Crippen LogP contribution in [0.2, 0.25) is 15.1 Å². The second kappa shape index (κ2) is 10.8. The van der Waals surface area contributed by atoms with Crippen LogP contribution in [0.15, 0.2) is 12.1 Å². The van der Waals surface area contributed by atoms with Gasteiger partial charge < -0.3 is 9.47 Å². The van der Waals surface area contributed by atoms with Gasteiger partial charge in [0.1, 0.15) is 5.02 Å². The number of rotatable bonds is 9. The van der Waals surface area contributed by atoms with Crippen molar-refractivity contribution in [3.63, 3.8) is 0 Å². The molecule has 0 amide bonds. The summed E-state index contributed by atoms with van der Waals surface area (Å²) in [6, 6.07) is 3.01. The summed E-state index contributed by atoms with van der Waals surface area (Å²) < 4.78 is 10.2. The van der Waals surface area contributed by atoms with Gasteiger partial charge in [0.25, 0.3) is 0 Å². The Labute approximate surface area is 157 Å². The lowest BCUT2D eigenvalue weighted by Gasteiger charge is -2.09. The molecule has 0 aromatic heterocycles. The number of esters is 2. The fourth-order valence-electron chi connectivity index (χ4n) is 1.89. The molecule has 24 heavy (non-hydrogen) atoms. The van der Waals surface area contributed by atoms with E-state index in [0.717, 1.165) is 12.8 Å². The molecule has 0 fully saturated rings. The topological polar surface area (TPSA) is 52.6 Å². The molecule has 0 aliphatic rings. The van der Waals surface area contributed by atoms with Crippen LogP contribution >= 0.6 is 34.8 Å². The van der Waals surface area contributed by atoms with Crippen LogP contribution in [0.1, 0.15) is 46.0 Å². The summed E-state index contributed by atoms with van der Waals surface area (Å²) in [5.41, 5.74) is 0. The maximum absolute atomic E-state index is 11.8. The highest BCUT2D eigenvalue weighted by atomic mass is 35.5. The lowest BCUT2D eigenvalue weighted by molar-refractivity contribution is -0.144. The average Bonchev–Trinajstić information content (AvgIpc) is 2.52. The smallest absolute Gasteiger partial charge is 0.311 e. The first-order chi connectivity index (χ1) is 11.3.